The van der Waals surface area contributed by atoms with Gasteiger partial charge in [0.2, 0.25) is 11.8 Å². The van der Waals surface area contributed by atoms with Gasteiger partial charge in [0.15, 0.2) is 6.29 Å². The van der Waals surface area contributed by atoms with Crippen LogP contribution >= 0.6 is 0 Å². The normalized spacial score (nSPS) is 17.9. The minimum absolute atomic E-state index is 0.0488. The third-order valence-corrected chi connectivity index (χ3v) is 8.85. The van der Waals surface area contributed by atoms with Crippen molar-refractivity contribution in [1.82, 2.24) is 4.90 Å². The Morgan fingerprint density at radius 3 is 2.31 bits per heavy atom. The Bertz CT molecular complexity index is 1730. The monoisotopic (exact) mass is 696 g/mol. The first-order valence-electron chi connectivity index (χ1n) is 17.4. The smallest absolute Gasteiger partial charge is 0.224 e. The van der Waals surface area contributed by atoms with Crippen molar-refractivity contribution in [3.05, 3.63) is 119 Å². The fourth-order valence-electron chi connectivity index (χ4n) is 6.15. The molecule has 4 aromatic carbocycles. The molecule has 0 bridgehead atoms. The number of hydrogen-bond acceptors (Lipinski definition) is 9. The van der Waals surface area contributed by atoms with E-state index < -0.39 is 12.4 Å². The van der Waals surface area contributed by atoms with E-state index in [1.165, 1.54) is 0 Å². The van der Waals surface area contributed by atoms with Gasteiger partial charge in [-0.1, -0.05) is 67.1 Å². The first-order chi connectivity index (χ1) is 24.7. The zero-order chi connectivity index (χ0) is 36.2. The molecule has 4 unspecified atom stereocenters. The molecule has 2 amide bonds. The summed E-state index contributed by atoms with van der Waals surface area (Å²) < 4.78 is 13.0. The number of carbonyl (C=O) groups excluding carboxylic acids is 2. The summed E-state index contributed by atoms with van der Waals surface area (Å²) in [6, 6.07) is 28.8. The quantitative estimate of drug-likeness (QED) is 0.0590. The molecule has 1 aliphatic heterocycles. The van der Waals surface area contributed by atoms with Crippen LogP contribution in [0.1, 0.15) is 79.3 Å². The van der Waals surface area contributed by atoms with E-state index in [-0.39, 0.29) is 36.4 Å². The first-order valence-corrected chi connectivity index (χ1v) is 17.4. The topological polar surface area (TPSA) is 167 Å². The molecule has 270 valence electrons. The molecule has 5 rings (SSSR count). The molecular weight excluding hydrogens is 648 g/mol. The summed E-state index contributed by atoms with van der Waals surface area (Å²) in [5, 5.41) is 36.0. The van der Waals surface area contributed by atoms with Gasteiger partial charge in [0.25, 0.3) is 0 Å². The van der Waals surface area contributed by atoms with Crippen LogP contribution in [0.4, 0.5) is 17.1 Å². The number of hydrogen-bond donors (Lipinski definition) is 6. The van der Waals surface area contributed by atoms with Gasteiger partial charge in [0.05, 0.1) is 36.3 Å². The van der Waals surface area contributed by atoms with Gasteiger partial charge < -0.3 is 46.1 Å². The molecule has 0 saturated carbocycles. The predicted octanol–water partition coefficient (Wildman–Crippen LogP) is 6.21. The molecule has 1 fully saturated rings. The number of phenolic OH excluding ortho intramolecular Hbond substituents is 1. The highest BCUT2D eigenvalue weighted by Crippen LogP contribution is 2.39. The van der Waals surface area contributed by atoms with E-state index >= 15 is 0 Å². The number of carbonyl (C=O) groups is 2. The van der Waals surface area contributed by atoms with E-state index in [1.807, 2.05) is 72.6 Å². The van der Waals surface area contributed by atoms with Crippen molar-refractivity contribution in [3.8, 4) is 5.75 Å². The molecule has 1 heterocycles. The van der Waals surface area contributed by atoms with Crippen molar-refractivity contribution in [3.63, 3.8) is 0 Å². The maximum absolute atomic E-state index is 12.8. The van der Waals surface area contributed by atoms with Crippen LogP contribution < -0.4 is 16.4 Å². The standard InChI is InChI=1S/C40H48N4O7/c1-44(25-36(47)29-9-8-12-32(46)22-29)24-33-23-37(28-19-17-27(26-45)18-20-28)51-40(50-33)30-10-7-11-31(21-30)42-38(48)15-3-2-4-16-39(49)43-35-14-6-5-13-34(35)41/h5-14,17-22,33,36-37,40,45-47H,2-4,15-16,23-26,41H2,1H3,(H,42,48)(H,43,49). The number of amides is 2. The summed E-state index contributed by atoms with van der Waals surface area (Å²) in [4.78, 5) is 27.1. The van der Waals surface area contributed by atoms with Gasteiger partial charge in [-0.15, -0.1) is 0 Å². The predicted molar refractivity (Wildman–Crippen MR) is 197 cm³/mol. The molecule has 0 radical (unpaired) electrons. The highest BCUT2D eigenvalue weighted by Gasteiger charge is 2.33. The van der Waals surface area contributed by atoms with E-state index in [0.29, 0.717) is 67.8 Å². The van der Waals surface area contributed by atoms with Crippen LogP contribution in [0.25, 0.3) is 0 Å². The lowest BCUT2D eigenvalue weighted by atomic mass is 9.99. The minimum atomic E-state index is -0.793. The number of rotatable bonds is 16. The van der Waals surface area contributed by atoms with Crippen LogP contribution in [0.2, 0.25) is 0 Å². The molecular formula is C40H48N4O7. The summed E-state index contributed by atoms with van der Waals surface area (Å²) in [6.45, 7) is 0.800. The fourth-order valence-corrected chi connectivity index (χ4v) is 6.15. The highest BCUT2D eigenvalue weighted by molar-refractivity contribution is 5.93. The molecule has 4 atom stereocenters. The molecule has 0 spiro atoms. The number of unbranched alkanes of at least 4 members (excludes halogenated alkanes) is 2. The van der Waals surface area contributed by atoms with Gasteiger partial charge in [-0.3, -0.25) is 9.59 Å². The maximum atomic E-state index is 12.8. The minimum Gasteiger partial charge on any atom is -0.508 e. The number of benzene rings is 4. The number of nitrogens with one attached hydrogen (secondary N) is 2. The molecule has 1 saturated heterocycles. The average Bonchev–Trinajstić information content (AvgIpc) is 3.12. The molecule has 11 heteroatoms. The van der Waals surface area contributed by atoms with E-state index in [1.54, 1.807) is 36.4 Å². The lowest BCUT2D eigenvalue weighted by molar-refractivity contribution is -0.252. The van der Waals surface area contributed by atoms with E-state index in [4.69, 9.17) is 15.2 Å². The van der Waals surface area contributed by atoms with Gasteiger partial charge in [0.1, 0.15) is 5.75 Å². The van der Waals surface area contributed by atoms with Crippen LogP contribution in [-0.2, 0) is 25.7 Å². The van der Waals surface area contributed by atoms with E-state index in [2.05, 4.69) is 10.6 Å². The Kier molecular flexibility index (Phi) is 13.6. The maximum Gasteiger partial charge on any atom is 0.224 e. The number of nitrogens with zero attached hydrogens (tertiary/aromatic N) is 1. The first kappa shape index (κ1) is 37.5. The third kappa shape index (κ3) is 11.4. The number of nitrogen functional groups attached to an aromatic ring is 1. The second-order valence-corrected chi connectivity index (χ2v) is 13.1. The second kappa shape index (κ2) is 18.5. The number of aliphatic hydroxyl groups is 2. The summed E-state index contributed by atoms with van der Waals surface area (Å²) in [7, 11) is 1.91. The molecule has 7 N–H and O–H groups in total. The Hall–Kier alpha value is -4.78. The number of para-hydroxylation sites is 2. The van der Waals surface area contributed by atoms with Gasteiger partial charge in [0, 0.05) is 43.6 Å². The van der Waals surface area contributed by atoms with Crippen LogP contribution in [0, 0.1) is 0 Å². The van der Waals surface area contributed by atoms with Crippen molar-refractivity contribution in [2.24, 2.45) is 0 Å². The number of aromatic hydroxyl groups is 1. The average molecular weight is 697 g/mol. The number of ether oxygens (including phenoxy) is 2. The van der Waals surface area contributed by atoms with Crippen LogP contribution in [0.3, 0.4) is 0 Å². The zero-order valence-corrected chi connectivity index (χ0v) is 28.9. The van der Waals surface area contributed by atoms with Crippen LogP contribution in [0.5, 0.6) is 5.75 Å². The zero-order valence-electron chi connectivity index (χ0n) is 28.9. The van der Waals surface area contributed by atoms with Crippen LogP contribution in [0.15, 0.2) is 97.1 Å². The Morgan fingerprint density at radius 2 is 1.59 bits per heavy atom. The highest BCUT2D eigenvalue weighted by atomic mass is 16.7. The third-order valence-electron chi connectivity index (χ3n) is 8.85. The summed E-state index contributed by atoms with van der Waals surface area (Å²) >= 11 is 0. The van der Waals surface area contributed by atoms with Crippen LogP contribution in [-0.4, -0.2) is 58.3 Å². The van der Waals surface area contributed by atoms with Crippen molar-refractivity contribution in [2.75, 3.05) is 36.5 Å². The molecule has 11 nitrogen and oxygen atoms in total. The van der Waals surface area contributed by atoms with Gasteiger partial charge in [-0.2, -0.15) is 0 Å². The summed E-state index contributed by atoms with van der Waals surface area (Å²) in [5.74, 6) is -0.123. The van der Waals surface area contributed by atoms with Crippen molar-refractivity contribution in [2.45, 2.75) is 69.7 Å². The lowest BCUT2D eigenvalue weighted by Crippen LogP contribution is -2.39. The molecule has 1 aliphatic rings. The largest absolute Gasteiger partial charge is 0.508 e. The Balaban J connectivity index is 1.16. The number of likely N-dealkylation sites (N-methyl/N-ethyl adjacent to an activating group) is 1. The van der Waals surface area contributed by atoms with Gasteiger partial charge >= 0.3 is 0 Å². The summed E-state index contributed by atoms with van der Waals surface area (Å²) in [6.07, 6.45) is 1.22. The molecule has 0 aromatic heterocycles. The second-order valence-electron chi connectivity index (χ2n) is 13.1. The van der Waals surface area contributed by atoms with Gasteiger partial charge in [-0.05, 0) is 73.0 Å². The van der Waals surface area contributed by atoms with Crippen molar-refractivity contribution < 1.29 is 34.4 Å². The summed E-state index contributed by atoms with van der Waals surface area (Å²) in [5.41, 5.74) is 10.8. The molecule has 51 heavy (non-hydrogen) atoms. The van der Waals surface area contributed by atoms with Crippen molar-refractivity contribution in [1.29, 1.82) is 0 Å². The van der Waals surface area contributed by atoms with E-state index in [0.717, 1.165) is 23.1 Å². The van der Waals surface area contributed by atoms with E-state index in [9.17, 15) is 24.9 Å². The SMILES string of the molecule is CN(CC1CC(c2ccc(CO)cc2)OC(c2cccc(NC(=O)CCCCCC(=O)Nc3ccccc3N)c2)O1)CC(O)c1cccc(O)c1. The number of phenols is 1. The number of anilines is 3. The number of nitrogens with two attached hydrogens (primary N) is 1. The number of aliphatic hydroxyl groups excluding tert-OH is 2. The fraction of sp³-hybridized carbons (Fsp3) is 0.350. The molecule has 4 aromatic rings. The Morgan fingerprint density at radius 1 is 0.863 bits per heavy atom. The van der Waals surface area contributed by atoms with Crippen molar-refractivity contribution >= 4 is 28.9 Å². The Labute approximate surface area is 299 Å². The van der Waals surface area contributed by atoms with Gasteiger partial charge in [-0.25, -0.2) is 0 Å². The molecule has 0 aliphatic carbocycles. The lowest BCUT2D eigenvalue weighted by Gasteiger charge is -2.38.